The van der Waals surface area contributed by atoms with Crippen LogP contribution in [0.1, 0.15) is 24.3 Å². The number of nitrogens with zero attached hydrogens (tertiary/aromatic N) is 3. The second-order valence-electron chi connectivity index (χ2n) is 6.59. The molecule has 1 N–H and O–H groups in total. The van der Waals surface area contributed by atoms with Crippen LogP contribution in [0, 0.1) is 5.41 Å². The lowest BCUT2D eigenvalue weighted by Gasteiger charge is -2.37. The predicted octanol–water partition coefficient (Wildman–Crippen LogP) is 1.57. The molecule has 1 saturated heterocycles. The van der Waals surface area contributed by atoms with Gasteiger partial charge in [0.15, 0.2) is 5.69 Å². The Morgan fingerprint density at radius 2 is 2.09 bits per heavy atom. The van der Waals surface area contributed by atoms with Crippen molar-refractivity contribution in [3.05, 3.63) is 23.9 Å². The zero-order valence-corrected chi connectivity index (χ0v) is 13.6. The molecule has 6 nitrogen and oxygen atoms in total. The molecule has 0 atom stereocenters. The van der Waals surface area contributed by atoms with Crippen LogP contribution in [-0.2, 0) is 4.74 Å². The third kappa shape index (κ3) is 4.68. The van der Waals surface area contributed by atoms with Gasteiger partial charge in [-0.15, -0.1) is 0 Å². The monoisotopic (exact) mass is 307 g/mol. The number of rotatable bonds is 6. The molecule has 0 amide bonds. The summed E-state index contributed by atoms with van der Waals surface area (Å²) >= 11 is 0. The average molecular weight is 307 g/mol. The molecule has 0 spiro atoms. The number of hydrogen-bond acceptors (Lipinski definition) is 5. The Bertz CT molecular complexity index is 513. The van der Waals surface area contributed by atoms with Crippen molar-refractivity contribution in [1.82, 2.24) is 9.88 Å². The molecule has 0 radical (unpaired) electrons. The van der Waals surface area contributed by atoms with Crippen molar-refractivity contribution in [2.45, 2.75) is 13.8 Å². The molecule has 1 aromatic rings. The first kappa shape index (κ1) is 16.7. The summed E-state index contributed by atoms with van der Waals surface area (Å²) in [5.74, 6) is -0.308. The maximum absolute atomic E-state index is 11.0. The molecule has 0 aromatic carbocycles. The lowest BCUT2D eigenvalue weighted by Crippen LogP contribution is -2.45. The van der Waals surface area contributed by atoms with Gasteiger partial charge in [-0.1, -0.05) is 19.9 Å². The van der Waals surface area contributed by atoms with Crippen LogP contribution in [0.5, 0.6) is 0 Å². The van der Waals surface area contributed by atoms with Crippen LogP contribution in [0.3, 0.4) is 0 Å². The summed E-state index contributed by atoms with van der Waals surface area (Å²) in [6, 6.07) is 5.09. The molecule has 0 aliphatic carbocycles. The summed E-state index contributed by atoms with van der Waals surface area (Å²) in [7, 11) is 1.95. The van der Waals surface area contributed by atoms with Crippen LogP contribution in [0.2, 0.25) is 0 Å². The van der Waals surface area contributed by atoms with Crippen LogP contribution < -0.4 is 4.90 Å². The lowest BCUT2D eigenvalue weighted by molar-refractivity contribution is 0.0223. The smallest absolute Gasteiger partial charge is 0.354 e. The fourth-order valence-electron chi connectivity index (χ4n) is 2.89. The highest BCUT2D eigenvalue weighted by Gasteiger charge is 2.25. The second kappa shape index (κ2) is 7.07. The van der Waals surface area contributed by atoms with Gasteiger partial charge in [0.2, 0.25) is 0 Å². The minimum absolute atomic E-state index is 0.0764. The first-order valence-electron chi connectivity index (χ1n) is 7.59. The summed E-state index contributed by atoms with van der Waals surface area (Å²) in [6.07, 6.45) is 0. The molecule has 2 rings (SSSR count). The van der Waals surface area contributed by atoms with E-state index in [1.165, 1.54) is 6.07 Å². The molecule has 0 unspecified atom stereocenters. The molecule has 0 saturated carbocycles. The SMILES string of the molecule is CN(CC(C)(C)CN1CCOCC1)c1cccc(C(=O)O)n1. The van der Waals surface area contributed by atoms with E-state index in [-0.39, 0.29) is 11.1 Å². The summed E-state index contributed by atoms with van der Waals surface area (Å²) in [5.41, 5.74) is 0.155. The van der Waals surface area contributed by atoms with E-state index >= 15 is 0 Å². The Morgan fingerprint density at radius 3 is 2.73 bits per heavy atom. The van der Waals surface area contributed by atoms with Gasteiger partial charge in [0.25, 0.3) is 0 Å². The number of carbonyl (C=O) groups is 1. The standard InChI is InChI=1S/C16H25N3O3/c1-16(2,12-19-7-9-22-10-8-19)11-18(3)14-6-4-5-13(17-14)15(20)21/h4-6H,7-12H2,1-3H3,(H,20,21). The highest BCUT2D eigenvalue weighted by Crippen LogP contribution is 2.22. The van der Waals surface area contributed by atoms with Crippen LogP contribution in [0.4, 0.5) is 5.82 Å². The number of pyridine rings is 1. The highest BCUT2D eigenvalue weighted by molar-refractivity contribution is 5.85. The van der Waals surface area contributed by atoms with E-state index in [0.717, 1.165) is 39.4 Å². The Hall–Kier alpha value is -1.66. The summed E-state index contributed by atoms with van der Waals surface area (Å²) in [6.45, 7) is 9.78. The van der Waals surface area contributed by atoms with Crippen molar-refractivity contribution in [2.75, 3.05) is 51.3 Å². The molecule has 6 heteroatoms. The van der Waals surface area contributed by atoms with E-state index in [2.05, 4.69) is 23.7 Å². The lowest BCUT2D eigenvalue weighted by atomic mass is 9.92. The van der Waals surface area contributed by atoms with Crippen molar-refractivity contribution < 1.29 is 14.6 Å². The minimum Gasteiger partial charge on any atom is -0.477 e. The van der Waals surface area contributed by atoms with Crippen LogP contribution in [0.15, 0.2) is 18.2 Å². The summed E-state index contributed by atoms with van der Waals surface area (Å²) in [5, 5.41) is 9.04. The van der Waals surface area contributed by atoms with Crippen LogP contribution in [0.25, 0.3) is 0 Å². The highest BCUT2D eigenvalue weighted by atomic mass is 16.5. The molecule has 1 aliphatic rings. The number of aromatic carboxylic acids is 1. The van der Waals surface area contributed by atoms with Gasteiger partial charge in [-0.05, 0) is 17.5 Å². The van der Waals surface area contributed by atoms with Gasteiger partial charge < -0.3 is 14.7 Å². The second-order valence-corrected chi connectivity index (χ2v) is 6.59. The Labute approximate surface area is 131 Å². The molecular formula is C16H25N3O3. The zero-order valence-electron chi connectivity index (χ0n) is 13.6. The number of anilines is 1. The number of carboxylic acids is 1. The van der Waals surface area contributed by atoms with Crippen LogP contribution >= 0.6 is 0 Å². The number of hydrogen-bond donors (Lipinski definition) is 1. The fourth-order valence-corrected chi connectivity index (χ4v) is 2.89. The van der Waals surface area contributed by atoms with Gasteiger partial charge in [0, 0.05) is 33.2 Å². The van der Waals surface area contributed by atoms with Gasteiger partial charge in [0.1, 0.15) is 5.82 Å². The van der Waals surface area contributed by atoms with Crippen molar-refractivity contribution in [3.63, 3.8) is 0 Å². The normalized spacial score (nSPS) is 16.5. The van der Waals surface area contributed by atoms with Crippen molar-refractivity contribution >= 4 is 11.8 Å². The van der Waals surface area contributed by atoms with Crippen molar-refractivity contribution in [1.29, 1.82) is 0 Å². The van der Waals surface area contributed by atoms with E-state index in [9.17, 15) is 4.79 Å². The molecule has 22 heavy (non-hydrogen) atoms. The first-order chi connectivity index (χ1) is 10.4. The molecule has 1 aliphatic heterocycles. The van der Waals surface area contributed by atoms with E-state index < -0.39 is 5.97 Å². The van der Waals surface area contributed by atoms with Gasteiger partial charge in [-0.2, -0.15) is 0 Å². The minimum atomic E-state index is -0.997. The zero-order chi connectivity index (χ0) is 16.2. The Morgan fingerprint density at radius 1 is 1.41 bits per heavy atom. The van der Waals surface area contributed by atoms with Crippen molar-refractivity contribution in [2.24, 2.45) is 5.41 Å². The third-order valence-corrected chi connectivity index (χ3v) is 3.77. The molecule has 2 heterocycles. The summed E-state index contributed by atoms with van der Waals surface area (Å²) < 4.78 is 5.38. The summed E-state index contributed by atoms with van der Waals surface area (Å²) in [4.78, 5) is 19.7. The predicted molar refractivity (Wildman–Crippen MR) is 85.5 cm³/mol. The van der Waals surface area contributed by atoms with E-state index in [0.29, 0.717) is 5.82 Å². The molecule has 0 bridgehead atoms. The number of carboxylic acid groups (broad SMARTS) is 1. The van der Waals surface area contributed by atoms with Gasteiger partial charge in [-0.3, -0.25) is 4.90 Å². The van der Waals surface area contributed by atoms with E-state index in [4.69, 9.17) is 9.84 Å². The average Bonchev–Trinajstić information content (AvgIpc) is 2.47. The maximum Gasteiger partial charge on any atom is 0.354 e. The van der Waals surface area contributed by atoms with Gasteiger partial charge in [-0.25, -0.2) is 9.78 Å². The molecule has 1 aromatic heterocycles. The fraction of sp³-hybridized carbons (Fsp3) is 0.625. The van der Waals surface area contributed by atoms with Crippen molar-refractivity contribution in [3.8, 4) is 0 Å². The largest absolute Gasteiger partial charge is 0.477 e. The first-order valence-corrected chi connectivity index (χ1v) is 7.59. The van der Waals surface area contributed by atoms with E-state index in [1.807, 2.05) is 18.0 Å². The van der Waals surface area contributed by atoms with Gasteiger partial charge >= 0.3 is 5.97 Å². The quantitative estimate of drug-likeness (QED) is 0.860. The van der Waals surface area contributed by atoms with Crippen LogP contribution in [-0.4, -0.2) is 67.4 Å². The molecule has 1 fully saturated rings. The van der Waals surface area contributed by atoms with Gasteiger partial charge in [0.05, 0.1) is 13.2 Å². The molecular weight excluding hydrogens is 282 g/mol. The third-order valence-electron chi connectivity index (χ3n) is 3.77. The van der Waals surface area contributed by atoms with E-state index in [1.54, 1.807) is 6.07 Å². The number of ether oxygens (including phenoxy) is 1. The Kier molecular flexibility index (Phi) is 5.37. The molecule has 122 valence electrons. The number of aromatic nitrogens is 1. The topological polar surface area (TPSA) is 65.9 Å². The Balaban J connectivity index is 1.98. The maximum atomic E-state index is 11.0. The number of morpholine rings is 1.